The van der Waals surface area contributed by atoms with Gasteiger partial charge >= 0.3 is 0 Å². The van der Waals surface area contributed by atoms with E-state index in [1.807, 2.05) is 24.6 Å². The molecule has 1 heterocycles. The van der Waals surface area contributed by atoms with Crippen molar-refractivity contribution in [2.24, 2.45) is 11.3 Å². The maximum Gasteiger partial charge on any atom is 0.234 e. The van der Waals surface area contributed by atoms with Crippen LogP contribution in [0.25, 0.3) is 0 Å². The van der Waals surface area contributed by atoms with Crippen LogP contribution in [0.4, 0.5) is 0 Å². The Morgan fingerprint density at radius 1 is 1.42 bits per heavy atom. The minimum Gasteiger partial charge on any atom is -0.350 e. The molecule has 1 aromatic rings. The van der Waals surface area contributed by atoms with Crippen LogP contribution in [0.5, 0.6) is 0 Å². The van der Waals surface area contributed by atoms with Crippen LogP contribution in [0, 0.1) is 11.3 Å². The van der Waals surface area contributed by atoms with E-state index in [0.29, 0.717) is 0 Å². The first kappa shape index (κ1) is 16.2. The Morgan fingerprint density at radius 2 is 2.05 bits per heavy atom. The molecule has 0 saturated carbocycles. The van der Waals surface area contributed by atoms with Crippen LogP contribution in [-0.4, -0.2) is 26.3 Å². The molecule has 0 radical (unpaired) electrons. The first-order valence-electron chi connectivity index (χ1n) is 6.62. The molecule has 2 atom stereocenters. The van der Waals surface area contributed by atoms with Crippen LogP contribution in [0.2, 0.25) is 0 Å². The zero-order valence-electron chi connectivity index (χ0n) is 12.4. The lowest BCUT2D eigenvalue weighted by Crippen LogP contribution is -2.49. The lowest BCUT2D eigenvalue weighted by atomic mass is 9.86. The SMILES string of the molecule is CC(C)C(Br)C(=O)NC(Cn1ccnc1)C(C)(C)C. The number of imidazole rings is 1. The third kappa shape index (κ3) is 4.97. The molecule has 0 spiro atoms. The summed E-state index contributed by atoms with van der Waals surface area (Å²) in [6.45, 7) is 11.2. The topological polar surface area (TPSA) is 46.9 Å². The van der Waals surface area contributed by atoms with Gasteiger partial charge in [-0.25, -0.2) is 4.98 Å². The van der Waals surface area contributed by atoms with Crippen LogP contribution in [0.15, 0.2) is 18.7 Å². The standard InChI is InChI=1S/C14H24BrN3O/c1-10(2)12(15)13(19)17-11(14(3,4)5)8-18-7-6-16-9-18/h6-7,9-12H,8H2,1-5H3,(H,17,19). The van der Waals surface area contributed by atoms with Gasteiger partial charge < -0.3 is 9.88 Å². The number of nitrogens with zero attached hydrogens (tertiary/aromatic N) is 2. The second kappa shape index (κ2) is 6.55. The van der Waals surface area contributed by atoms with E-state index in [1.54, 1.807) is 12.5 Å². The van der Waals surface area contributed by atoms with Crippen molar-refractivity contribution in [2.45, 2.75) is 52.0 Å². The number of amides is 1. The van der Waals surface area contributed by atoms with Crippen molar-refractivity contribution >= 4 is 21.8 Å². The third-order valence-electron chi connectivity index (χ3n) is 3.15. The van der Waals surface area contributed by atoms with E-state index >= 15 is 0 Å². The van der Waals surface area contributed by atoms with Crippen molar-refractivity contribution < 1.29 is 4.79 Å². The summed E-state index contributed by atoms with van der Waals surface area (Å²) in [7, 11) is 0. The van der Waals surface area contributed by atoms with E-state index in [4.69, 9.17) is 0 Å². The van der Waals surface area contributed by atoms with Crippen LogP contribution >= 0.6 is 15.9 Å². The maximum atomic E-state index is 12.2. The number of halogens is 1. The Hall–Kier alpha value is -0.840. The van der Waals surface area contributed by atoms with Gasteiger partial charge in [0, 0.05) is 18.9 Å². The van der Waals surface area contributed by atoms with Gasteiger partial charge in [-0.1, -0.05) is 50.5 Å². The fourth-order valence-electron chi connectivity index (χ4n) is 1.70. The van der Waals surface area contributed by atoms with Gasteiger partial charge in [0.25, 0.3) is 0 Å². The number of rotatable bonds is 5. The summed E-state index contributed by atoms with van der Waals surface area (Å²) in [5.41, 5.74) is -0.0103. The largest absolute Gasteiger partial charge is 0.350 e. The van der Waals surface area contributed by atoms with Crippen LogP contribution in [-0.2, 0) is 11.3 Å². The molecule has 4 nitrogen and oxygen atoms in total. The Balaban J connectivity index is 2.73. The van der Waals surface area contributed by atoms with Gasteiger partial charge in [0.15, 0.2) is 0 Å². The van der Waals surface area contributed by atoms with E-state index in [9.17, 15) is 4.79 Å². The number of carbonyl (C=O) groups excluding carboxylic acids is 1. The molecule has 19 heavy (non-hydrogen) atoms. The number of carbonyl (C=O) groups is 1. The number of hydrogen-bond donors (Lipinski definition) is 1. The molecular weight excluding hydrogens is 306 g/mol. The van der Waals surface area contributed by atoms with E-state index in [1.165, 1.54) is 0 Å². The minimum absolute atomic E-state index is 0.0103. The maximum absolute atomic E-state index is 12.2. The molecule has 0 aliphatic carbocycles. The smallest absolute Gasteiger partial charge is 0.234 e. The Kier molecular flexibility index (Phi) is 5.59. The lowest BCUT2D eigenvalue weighted by Gasteiger charge is -2.32. The summed E-state index contributed by atoms with van der Waals surface area (Å²) >= 11 is 3.45. The van der Waals surface area contributed by atoms with E-state index in [0.717, 1.165) is 6.54 Å². The first-order valence-corrected chi connectivity index (χ1v) is 7.53. The first-order chi connectivity index (χ1) is 8.71. The predicted octanol–water partition coefficient (Wildman–Crippen LogP) is 2.83. The van der Waals surface area contributed by atoms with Gasteiger partial charge in [-0.05, 0) is 11.3 Å². The number of aromatic nitrogens is 2. The van der Waals surface area contributed by atoms with E-state index in [-0.39, 0.29) is 28.1 Å². The zero-order valence-corrected chi connectivity index (χ0v) is 13.9. The van der Waals surface area contributed by atoms with Gasteiger partial charge in [-0.3, -0.25) is 4.79 Å². The molecule has 108 valence electrons. The summed E-state index contributed by atoms with van der Waals surface area (Å²) in [4.78, 5) is 16.1. The quantitative estimate of drug-likeness (QED) is 0.844. The second-order valence-corrected chi connectivity index (χ2v) is 7.32. The van der Waals surface area contributed by atoms with Crippen LogP contribution in [0.3, 0.4) is 0 Å². The summed E-state index contributed by atoms with van der Waals surface area (Å²) in [6, 6.07) is 0.0630. The number of alkyl halides is 1. The molecule has 5 heteroatoms. The van der Waals surface area contributed by atoms with Crippen molar-refractivity contribution in [1.29, 1.82) is 0 Å². The molecule has 1 N–H and O–H groups in total. The highest BCUT2D eigenvalue weighted by molar-refractivity contribution is 9.10. The van der Waals surface area contributed by atoms with Gasteiger partial charge in [-0.15, -0.1) is 0 Å². The lowest BCUT2D eigenvalue weighted by molar-refractivity contribution is -0.122. The van der Waals surface area contributed by atoms with E-state index < -0.39 is 0 Å². The Labute approximate surface area is 124 Å². The fourth-order valence-corrected chi connectivity index (χ4v) is 1.83. The number of nitrogens with one attached hydrogen (secondary N) is 1. The average Bonchev–Trinajstić information content (AvgIpc) is 2.78. The molecule has 1 amide bonds. The normalized spacial score (nSPS) is 15.3. The molecule has 0 fully saturated rings. The van der Waals surface area contributed by atoms with Gasteiger partial charge in [0.05, 0.1) is 17.2 Å². The Bertz CT molecular complexity index is 395. The predicted molar refractivity (Wildman–Crippen MR) is 81.2 cm³/mol. The summed E-state index contributed by atoms with van der Waals surface area (Å²) < 4.78 is 1.99. The van der Waals surface area contributed by atoms with Crippen molar-refractivity contribution in [2.75, 3.05) is 0 Å². The third-order valence-corrected chi connectivity index (χ3v) is 4.62. The van der Waals surface area contributed by atoms with Crippen molar-refractivity contribution in [3.8, 4) is 0 Å². The van der Waals surface area contributed by atoms with Crippen LogP contribution < -0.4 is 5.32 Å². The molecule has 0 bridgehead atoms. The average molecular weight is 330 g/mol. The second-order valence-electron chi connectivity index (χ2n) is 6.33. The molecule has 1 rings (SSSR count). The van der Waals surface area contributed by atoms with Gasteiger partial charge in [-0.2, -0.15) is 0 Å². The van der Waals surface area contributed by atoms with Crippen molar-refractivity contribution in [3.63, 3.8) is 0 Å². The molecule has 0 saturated heterocycles. The summed E-state index contributed by atoms with van der Waals surface area (Å²) in [5, 5.41) is 3.14. The summed E-state index contributed by atoms with van der Waals surface area (Å²) in [6.07, 6.45) is 5.45. The molecule has 1 aromatic heterocycles. The highest BCUT2D eigenvalue weighted by Crippen LogP contribution is 2.22. The molecule has 0 aromatic carbocycles. The van der Waals surface area contributed by atoms with Gasteiger partial charge in [0.2, 0.25) is 5.91 Å². The molecule has 0 aliphatic heterocycles. The monoisotopic (exact) mass is 329 g/mol. The molecule has 2 unspecified atom stereocenters. The van der Waals surface area contributed by atoms with Crippen molar-refractivity contribution in [1.82, 2.24) is 14.9 Å². The van der Waals surface area contributed by atoms with Gasteiger partial charge in [0.1, 0.15) is 0 Å². The van der Waals surface area contributed by atoms with Crippen molar-refractivity contribution in [3.05, 3.63) is 18.7 Å². The van der Waals surface area contributed by atoms with Crippen LogP contribution in [0.1, 0.15) is 34.6 Å². The Morgan fingerprint density at radius 3 is 2.47 bits per heavy atom. The molecular formula is C14H24BrN3O. The van der Waals surface area contributed by atoms with E-state index in [2.05, 4.69) is 47.0 Å². The number of hydrogen-bond acceptors (Lipinski definition) is 2. The fraction of sp³-hybridized carbons (Fsp3) is 0.714. The highest BCUT2D eigenvalue weighted by Gasteiger charge is 2.29. The minimum atomic E-state index is -0.153. The molecule has 0 aliphatic rings. The summed E-state index contributed by atoms with van der Waals surface area (Å²) in [5.74, 6) is 0.323. The highest BCUT2D eigenvalue weighted by atomic mass is 79.9. The zero-order chi connectivity index (χ0) is 14.6.